The Morgan fingerprint density at radius 2 is 1.32 bits per heavy atom. The summed E-state index contributed by atoms with van der Waals surface area (Å²) in [6, 6.07) is 0. The van der Waals surface area contributed by atoms with Gasteiger partial charge in [0.2, 0.25) is 0 Å². The summed E-state index contributed by atoms with van der Waals surface area (Å²) in [5, 5.41) is 0. The number of carbonyl (C=O) groups excluding carboxylic acids is 2. The van der Waals surface area contributed by atoms with E-state index in [1.165, 1.54) is 0 Å². The maximum absolute atomic E-state index is 11.6. The quantitative estimate of drug-likeness (QED) is 0.553. The zero-order valence-electron chi connectivity index (χ0n) is 10.6. The molecule has 2 aliphatic heterocycles. The molecule has 0 fully saturated rings. The first kappa shape index (κ1) is 13.1. The molecule has 0 spiro atoms. The Hall–Kier alpha value is -2.30. The van der Waals surface area contributed by atoms with Crippen molar-refractivity contribution >= 4 is 11.9 Å². The van der Waals surface area contributed by atoms with E-state index in [2.05, 4.69) is 0 Å². The fourth-order valence-electron chi connectivity index (χ4n) is 1.77. The fraction of sp³-hybridized carbons (Fsp3) is 0.286. The summed E-state index contributed by atoms with van der Waals surface area (Å²) in [5.74, 6) is -1.05. The molecule has 5 nitrogen and oxygen atoms in total. The summed E-state index contributed by atoms with van der Waals surface area (Å²) in [6.45, 7) is 1.48. The van der Waals surface area contributed by atoms with Crippen molar-refractivity contribution in [2.24, 2.45) is 0 Å². The molecule has 100 valence electrons. The van der Waals surface area contributed by atoms with Gasteiger partial charge in [0.05, 0.1) is 0 Å². The molecule has 5 heteroatoms. The zero-order valence-corrected chi connectivity index (χ0v) is 10.6. The van der Waals surface area contributed by atoms with E-state index in [0.29, 0.717) is 13.1 Å². The standard InChI is InChI=1S/C14H16N2O3/c17-13(11-15-7-3-1-4-8-15)19-14(18)12-16-9-5-2-6-10-16/h1-7,9H,8,10-12H2. The predicted octanol–water partition coefficient (Wildman–Crippen LogP) is 0.827. The lowest BCUT2D eigenvalue weighted by molar-refractivity contribution is -0.160. The highest BCUT2D eigenvalue weighted by molar-refractivity contribution is 5.87. The van der Waals surface area contributed by atoms with Crippen molar-refractivity contribution in [3.63, 3.8) is 0 Å². The normalized spacial score (nSPS) is 16.8. The monoisotopic (exact) mass is 260 g/mol. The van der Waals surface area contributed by atoms with E-state index in [0.717, 1.165) is 0 Å². The smallest absolute Gasteiger partial charge is 0.333 e. The first-order chi connectivity index (χ1) is 9.24. The number of ether oxygens (including phenoxy) is 1. The molecule has 0 aromatic carbocycles. The summed E-state index contributed by atoms with van der Waals surface area (Å²) in [5.41, 5.74) is 0. The van der Waals surface area contributed by atoms with Crippen molar-refractivity contribution in [1.82, 2.24) is 9.80 Å². The molecule has 0 saturated heterocycles. The lowest BCUT2D eigenvalue weighted by atomic mass is 10.3. The number of hydrogen-bond acceptors (Lipinski definition) is 5. The van der Waals surface area contributed by atoms with Crippen LogP contribution >= 0.6 is 0 Å². The Balaban J connectivity index is 1.71. The zero-order chi connectivity index (χ0) is 13.5. The van der Waals surface area contributed by atoms with Crippen LogP contribution in [0.1, 0.15) is 0 Å². The number of hydrogen-bond donors (Lipinski definition) is 0. The molecule has 0 bridgehead atoms. The fourth-order valence-corrected chi connectivity index (χ4v) is 1.77. The van der Waals surface area contributed by atoms with Crippen LogP contribution in [0.3, 0.4) is 0 Å². The lowest BCUT2D eigenvalue weighted by Crippen LogP contribution is -2.33. The van der Waals surface area contributed by atoms with Crippen molar-refractivity contribution in [3.8, 4) is 0 Å². The van der Waals surface area contributed by atoms with Crippen LogP contribution in [0, 0.1) is 0 Å². The van der Waals surface area contributed by atoms with Crippen LogP contribution in [0.2, 0.25) is 0 Å². The number of esters is 2. The van der Waals surface area contributed by atoms with Gasteiger partial charge in [-0.2, -0.15) is 0 Å². The van der Waals surface area contributed by atoms with Gasteiger partial charge in [-0.1, -0.05) is 24.3 Å². The van der Waals surface area contributed by atoms with Gasteiger partial charge in [0, 0.05) is 13.1 Å². The van der Waals surface area contributed by atoms with Crippen molar-refractivity contribution in [2.45, 2.75) is 0 Å². The molecule has 0 unspecified atom stereocenters. The number of rotatable bonds is 4. The van der Waals surface area contributed by atoms with E-state index < -0.39 is 11.9 Å². The lowest BCUT2D eigenvalue weighted by Gasteiger charge is -2.20. The highest BCUT2D eigenvalue weighted by atomic mass is 16.6. The Kier molecular flexibility index (Phi) is 4.55. The molecule has 0 aromatic heterocycles. The van der Waals surface area contributed by atoms with Gasteiger partial charge in [0.25, 0.3) is 0 Å². The molecule has 0 atom stereocenters. The minimum absolute atomic E-state index is 0.0856. The van der Waals surface area contributed by atoms with Gasteiger partial charge in [0.15, 0.2) is 0 Å². The van der Waals surface area contributed by atoms with Crippen LogP contribution in [0.15, 0.2) is 48.9 Å². The Labute approximate surface area is 112 Å². The molecule has 0 aromatic rings. The summed E-state index contributed by atoms with van der Waals surface area (Å²) < 4.78 is 4.78. The van der Waals surface area contributed by atoms with Gasteiger partial charge in [0.1, 0.15) is 13.1 Å². The number of carbonyl (C=O) groups is 2. The van der Waals surface area contributed by atoms with E-state index >= 15 is 0 Å². The minimum atomic E-state index is -0.526. The van der Waals surface area contributed by atoms with Gasteiger partial charge < -0.3 is 14.5 Å². The predicted molar refractivity (Wildman–Crippen MR) is 70.8 cm³/mol. The molecule has 2 heterocycles. The number of nitrogens with zero attached hydrogens (tertiary/aromatic N) is 2. The van der Waals surface area contributed by atoms with Gasteiger partial charge in [-0.05, 0) is 24.6 Å². The molecule has 2 aliphatic rings. The minimum Gasteiger partial charge on any atom is -0.390 e. The summed E-state index contributed by atoms with van der Waals surface area (Å²) >= 11 is 0. The molecule has 0 amide bonds. The molecule has 0 aliphatic carbocycles. The second-order valence-corrected chi connectivity index (χ2v) is 4.24. The largest absolute Gasteiger partial charge is 0.390 e. The molecule has 19 heavy (non-hydrogen) atoms. The second kappa shape index (κ2) is 6.58. The third-order valence-electron chi connectivity index (χ3n) is 2.66. The van der Waals surface area contributed by atoms with Gasteiger partial charge in [-0.3, -0.25) is 0 Å². The molecule has 2 rings (SSSR count). The topological polar surface area (TPSA) is 49.9 Å². The van der Waals surface area contributed by atoms with E-state index in [-0.39, 0.29) is 13.1 Å². The Morgan fingerprint density at radius 1 is 0.842 bits per heavy atom. The molecule has 0 radical (unpaired) electrons. The third-order valence-corrected chi connectivity index (χ3v) is 2.66. The molecule has 0 N–H and O–H groups in total. The van der Waals surface area contributed by atoms with Gasteiger partial charge in [-0.15, -0.1) is 0 Å². The first-order valence-electron chi connectivity index (χ1n) is 6.12. The highest BCUT2D eigenvalue weighted by Gasteiger charge is 2.15. The van der Waals surface area contributed by atoms with E-state index in [4.69, 9.17) is 4.74 Å². The van der Waals surface area contributed by atoms with Crippen molar-refractivity contribution < 1.29 is 14.3 Å². The summed E-state index contributed by atoms with van der Waals surface area (Å²) in [4.78, 5) is 26.7. The number of allylic oxidation sites excluding steroid dienone is 4. The van der Waals surface area contributed by atoms with Crippen molar-refractivity contribution in [1.29, 1.82) is 0 Å². The SMILES string of the molecule is O=C(CN1C=CC=CC1)OC(=O)CN1C=CC=CC1. The van der Waals surface area contributed by atoms with E-state index in [1.54, 1.807) is 22.2 Å². The third kappa shape index (κ3) is 4.46. The van der Waals surface area contributed by atoms with Crippen molar-refractivity contribution in [2.75, 3.05) is 26.2 Å². The highest BCUT2D eigenvalue weighted by Crippen LogP contribution is 2.01. The van der Waals surface area contributed by atoms with E-state index in [1.807, 2.05) is 36.5 Å². The van der Waals surface area contributed by atoms with Crippen LogP contribution in [-0.4, -0.2) is 47.9 Å². The maximum atomic E-state index is 11.6. The van der Waals surface area contributed by atoms with Gasteiger partial charge >= 0.3 is 11.9 Å². The van der Waals surface area contributed by atoms with Crippen LogP contribution < -0.4 is 0 Å². The second-order valence-electron chi connectivity index (χ2n) is 4.24. The first-order valence-corrected chi connectivity index (χ1v) is 6.12. The van der Waals surface area contributed by atoms with Crippen LogP contribution in [0.25, 0.3) is 0 Å². The Bertz CT molecular complexity index is 421. The Morgan fingerprint density at radius 3 is 1.68 bits per heavy atom. The molecule has 0 saturated carbocycles. The van der Waals surface area contributed by atoms with Crippen LogP contribution in [0.4, 0.5) is 0 Å². The van der Waals surface area contributed by atoms with Gasteiger partial charge in [-0.25, -0.2) is 9.59 Å². The van der Waals surface area contributed by atoms with Crippen molar-refractivity contribution in [3.05, 3.63) is 48.9 Å². The maximum Gasteiger partial charge on any atom is 0.333 e. The summed E-state index contributed by atoms with van der Waals surface area (Å²) in [7, 11) is 0. The average Bonchev–Trinajstić information content (AvgIpc) is 2.40. The summed E-state index contributed by atoms with van der Waals surface area (Å²) in [6.07, 6.45) is 14.9. The van der Waals surface area contributed by atoms with E-state index in [9.17, 15) is 9.59 Å². The van der Waals surface area contributed by atoms with Crippen LogP contribution in [0.5, 0.6) is 0 Å². The molecular formula is C14H16N2O3. The van der Waals surface area contributed by atoms with Crippen LogP contribution in [-0.2, 0) is 14.3 Å². The molecular weight excluding hydrogens is 244 g/mol. The average molecular weight is 260 g/mol.